The van der Waals surface area contributed by atoms with Crippen LogP contribution in [-0.2, 0) is 4.79 Å². The van der Waals surface area contributed by atoms with Gasteiger partial charge in [0, 0.05) is 24.4 Å². The maximum atomic E-state index is 12.5. The highest BCUT2D eigenvalue weighted by molar-refractivity contribution is 5.81. The molecule has 0 saturated carbocycles. The minimum atomic E-state index is -0.342. The predicted octanol–water partition coefficient (Wildman–Crippen LogP) is 2.10. The second-order valence-electron chi connectivity index (χ2n) is 5.35. The van der Waals surface area contributed by atoms with Gasteiger partial charge in [-0.25, -0.2) is 0 Å². The number of nitrogens with zero attached hydrogens (tertiary/aromatic N) is 1. The van der Waals surface area contributed by atoms with E-state index < -0.39 is 0 Å². The number of alkyl halides is 1. The van der Waals surface area contributed by atoms with Crippen molar-refractivity contribution in [1.82, 2.24) is 4.90 Å². The minimum Gasteiger partial charge on any atom is -0.342 e. The first-order valence-electron chi connectivity index (χ1n) is 5.21. The molecule has 0 aromatic heterocycles. The van der Waals surface area contributed by atoms with Crippen molar-refractivity contribution in [3.05, 3.63) is 0 Å². The zero-order valence-corrected chi connectivity index (χ0v) is 9.51. The summed E-state index contributed by atoms with van der Waals surface area (Å²) in [6.45, 7) is 8.72. The number of halogens is 1. The van der Waals surface area contributed by atoms with Crippen LogP contribution in [0.2, 0.25) is 0 Å². The molecule has 0 bridgehead atoms. The average Bonchev–Trinajstić information content (AvgIpc) is 2.43. The molecule has 0 spiro atoms. The van der Waals surface area contributed by atoms with Crippen LogP contribution in [0.15, 0.2) is 0 Å². The Morgan fingerprint density at radius 1 is 1.43 bits per heavy atom. The molecular formula is C11H20FNO. The van der Waals surface area contributed by atoms with Gasteiger partial charge in [0.1, 0.15) is 0 Å². The molecule has 0 N–H and O–H groups in total. The molecule has 1 aliphatic rings. The molecule has 14 heavy (non-hydrogen) atoms. The number of hydrogen-bond donors (Lipinski definition) is 0. The highest BCUT2D eigenvalue weighted by Gasteiger charge is 2.36. The first kappa shape index (κ1) is 11.5. The zero-order valence-electron chi connectivity index (χ0n) is 9.51. The van der Waals surface area contributed by atoms with Gasteiger partial charge in [-0.05, 0) is 5.92 Å². The number of hydrogen-bond acceptors (Lipinski definition) is 1. The zero-order chi connectivity index (χ0) is 10.9. The fourth-order valence-electron chi connectivity index (χ4n) is 1.88. The van der Waals surface area contributed by atoms with Crippen LogP contribution >= 0.6 is 0 Å². The molecule has 1 aliphatic heterocycles. The van der Waals surface area contributed by atoms with Gasteiger partial charge in [0.15, 0.2) is 0 Å². The minimum absolute atomic E-state index is 0.0429. The van der Waals surface area contributed by atoms with Crippen LogP contribution in [0.4, 0.5) is 4.39 Å². The van der Waals surface area contributed by atoms with Crippen LogP contribution in [-0.4, -0.2) is 30.6 Å². The molecule has 3 heteroatoms. The topological polar surface area (TPSA) is 20.3 Å². The molecule has 0 radical (unpaired) electrons. The highest BCUT2D eigenvalue weighted by Crippen LogP contribution is 2.27. The SMILES string of the molecule is C[C@@H]1CN(C(=O)C(C)(C)C)C[C@@H]1CF. The van der Waals surface area contributed by atoms with Crippen molar-refractivity contribution in [2.45, 2.75) is 27.7 Å². The Hall–Kier alpha value is -0.600. The smallest absolute Gasteiger partial charge is 0.227 e. The van der Waals surface area contributed by atoms with E-state index in [9.17, 15) is 9.18 Å². The quantitative estimate of drug-likeness (QED) is 0.636. The third kappa shape index (κ3) is 2.25. The van der Waals surface area contributed by atoms with Crippen molar-refractivity contribution in [3.8, 4) is 0 Å². The van der Waals surface area contributed by atoms with Gasteiger partial charge in [-0.2, -0.15) is 0 Å². The molecule has 0 aliphatic carbocycles. The van der Waals surface area contributed by atoms with E-state index in [-0.39, 0.29) is 23.9 Å². The summed E-state index contributed by atoms with van der Waals surface area (Å²) in [7, 11) is 0. The van der Waals surface area contributed by atoms with E-state index in [0.29, 0.717) is 19.0 Å². The third-order valence-corrected chi connectivity index (χ3v) is 2.90. The lowest BCUT2D eigenvalue weighted by Gasteiger charge is -2.25. The standard InChI is InChI=1S/C11H20FNO/c1-8-6-13(7-9(8)5-12)10(14)11(2,3)4/h8-9H,5-7H2,1-4H3/t8-,9+/m1/s1. The lowest BCUT2D eigenvalue weighted by Crippen LogP contribution is -2.38. The molecule has 2 nitrogen and oxygen atoms in total. The van der Waals surface area contributed by atoms with Crippen LogP contribution in [0.25, 0.3) is 0 Å². The van der Waals surface area contributed by atoms with E-state index in [1.165, 1.54) is 0 Å². The van der Waals surface area contributed by atoms with E-state index in [0.717, 1.165) is 0 Å². The van der Waals surface area contributed by atoms with Gasteiger partial charge in [0.2, 0.25) is 5.91 Å². The molecule has 1 fully saturated rings. The maximum absolute atomic E-state index is 12.5. The number of carbonyl (C=O) groups excluding carboxylic acids is 1. The van der Waals surface area contributed by atoms with Gasteiger partial charge in [-0.3, -0.25) is 9.18 Å². The summed E-state index contributed by atoms with van der Waals surface area (Å²) < 4.78 is 12.5. The Bertz CT molecular complexity index is 222. The second-order valence-corrected chi connectivity index (χ2v) is 5.35. The van der Waals surface area contributed by atoms with E-state index in [4.69, 9.17) is 0 Å². The number of amides is 1. The maximum Gasteiger partial charge on any atom is 0.227 e. The molecule has 1 saturated heterocycles. The van der Waals surface area contributed by atoms with Gasteiger partial charge in [0.05, 0.1) is 6.67 Å². The molecule has 82 valence electrons. The van der Waals surface area contributed by atoms with Crippen molar-refractivity contribution < 1.29 is 9.18 Å². The van der Waals surface area contributed by atoms with Crippen LogP contribution in [0.5, 0.6) is 0 Å². The molecule has 2 atom stereocenters. The van der Waals surface area contributed by atoms with Gasteiger partial charge < -0.3 is 4.90 Å². The average molecular weight is 201 g/mol. The van der Waals surface area contributed by atoms with Gasteiger partial charge in [-0.1, -0.05) is 27.7 Å². The summed E-state index contributed by atoms with van der Waals surface area (Å²) in [5.41, 5.74) is -0.342. The second kappa shape index (κ2) is 3.87. The van der Waals surface area contributed by atoms with Crippen LogP contribution in [0.3, 0.4) is 0 Å². The van der Waals surface area contributed by atoms with E-state index >= 15 is 0 Å². The Morgan fingerprint density at radius 2 is 2.00 bits per heavy atom. The number of carbonyl (C=O) groups is 1. The molecule has 0 unspecified atom stereocenters. The Labute approximate surface area is 85.5 Å². The monoisotopic (exact) mass is 201 g/mol. The first-order chi connectivity index (χ1) is 6.36. The summed E-state index contributed by atoms with van der Waals surface area (Å²) in [5.74, 6) is 0.480. The molecule has 1 amide bonds. The Balaban J connectivity index is 2.62. The van der Waals surface area contributed by atoms with Gasteiger partial charge in [0.25, 0.3) is 0 Å². The van der Waals surface area contributed by atoms with Crippen molar-refractivity contribution in [2.24, 2.45) is 17.3 Å². The van der Waals surface area contributed by atoms with Crippen molar-refractivity contribution >= 4 is 5.91 Å². The fourth-order valence-corrected chi connectivity index (χ4v) is 1.88. The summed E-state index contributed by atoms with van der Waals surface area (Å²) in [5, 5.41) is 0. The third-order valence-electron chi connectivity index (χ3n) is 2.90. The molecule has 1 rings (SSSR count). The van der Waals surface area contributed by atoms with E-state index in [1.54, 1.807) is 4.90 Å². The predicted molar refractivity (Wildman–Crippen MR) is 54.7 cm³/mol. The first-order valence-corrected chi connectivity index (χ1v) is 5.21. The lowest BCUT2D eigenvalue weighted by molar-refractivity contribution is -0.138. The van der Waals surface area contributed by atoms with Crippen molar-refractivity contribution in [2.75, 3.05) is 19.8 Å². The largest absolute Gasteiger partial charge is 0.342 e. The van der Waals surface area contributed by atoms with Gasteiger partial charge >= 0.3 is 0 Å². The van der Waals surface area contributed by atoms with E-state index in [1.807, 2.05) is 27.7 Å². The number of rotatable bonds is 1. The molecule has 1 heterocycles. The fraction of sp³-hybridized carbons (Fsp3) is 0.909. The Kier molecular flexibility index (Phi) is 3.17. The van der Waals surface area contributed by atoms with Gasteiger partial charge in [-0.15, -0.1) is 0 Å². The molecule has 0 aromatic rings. The summed E-state index contributed by atoms with van der Waals surface area (Å²) >= 11 is 0. The van der Waals surface area contributed by atoms with Crippen molar-refractivity contribution in [1.29, 1.82) is 0 Å². The van der Waals surface area contributed by atoms with Crippen LogP contribution in [0.1, 0.15) is 27.7 Å². The molecule has 0 aromatic carbocycles. The number of likely N-dealkylation sites (tertiary alicyclic amines) is 1. The Morgan fingerprint density at radius 3 is 2.36 bits per heavy atom. The summed E-state index contributed by atoms with van der Waals surface area (Å²) in [6.07, 6.45) is 0. The normalized spacial score (nSPS) is 28.2. The molecular weight excluding hydrogens is 181 g/mol. The van der Waals surface area contributed by atoms with Crippen LogP contribution in [0, 0.1) is 17.3 Å². The summed E-state index contributed by atoms with van der Waals surface area (Å²) in [4.78, 5) is 13.7. The summed E-state index contributed by atoms with van der Waals surface area (Å²) in [6, 6.07) is 0. The highest BCUT2D eigenvalue weighted by atomic mass is 19.1. The van der Waals surface area contributed by atoms with Crippen molar-refractivity contribution in [3.63, 3.8) is 0 Å². The van der Waals surface area contributed by atoms with Crippen LogP contribution < -0.4 is 0 Å². The lowest BCUT2D eigenvalue weighted by atomic mass is 9.95. The van der Waals surface area contributed by atoms with E-state index in [2.05, 4.69) is 0 Å².